The number of carbonyl (C=O) groups excluding carboxylic acids is 2. The first-order valence-electron chi connectivity index (χ1n) is 9.34. The molecule has 0 aromatic heterocycles. The first-order valence-corrected chi connectivity index (χ1v) is 9.34. The Morgan fingerprint density at radius 3 is 2.20 bits per heavy atom. The molecule has 0 atom stereocenters. The van der Waals surface area contributed by atoms with E-state index in [4.69, 9.17) is 4.74 Å². The minimum atomic E-state index is -4.82. The number of anilines is 1. The maximum atomic E-state index is 12.5. The second kappa shape index (κ2) is 9.06. The lowest BCUT2D eigenvalue weighted by Crippen LogP contribution is -2.48. The molecule has 2 aromatic rings. The van der Waals surface area contributed by atoms with Gasteiger partial charge in [-0.1, -0.05) is 18.2 Å². The number of Topliss-reactive ketones (excluding diaryl/α,β-unsaturated/α-hetero) is 1. The lowest BCUT2D eigenvalue weighted by atomic mass is 10.1. The van der Waals surface area contributed by atoms with Crippen LogP contribution in [0.15, 0.2) is 48.5 Å². The number of rotatable bonds is 5. The molecule has 9 heteroatoms. The van der Waals surface area contributed by atoms with Crippen LogP contribution in [-0.2, 0) is 11.3 Å². The number of ketones is 1. The van der Waals surface area contributed by atoms with Gasteiger partial charge in [0.25, 0.3) is 0 Å². The first-order chi connectivity index (χ1) is 14.2. The average Bonchev–Trinajstić information content (AvgIpc) is 2.72. The third kappa shape index (κ3) is 5.65. The number of nitrogens with zero attached hydrogens (tertiary/aromatic N) is 2. The zero-order chi connectivity index (χ0) is 21.7. The van der Waals surface area contributed by atoms with Gasteiger partial charge in [-0.05, 0) is 37.3 Å². The fraction of sp³-hybridized carbons (Fsp3) is 0.333. The van der Waals surface area contributed by atoms with Crippen molar-refractivity contribution in [2.24, 2.45) is 0 Å². The standard InChI is InChI=1S/C21H21F3N2O4/c1-15(27)16-6-8-18(9-7-16)25-10-12-26(13-11-25)20(28)29-14-17-4-2-3-5-19(17)30-21(22,23)24/h2-9H,10-14H2,1H3. The Morgan fingerprint density at radius 2 is 1.60 bits per heavy atom. The summed E-state index contributed by atoms with van der Waals surface area (Å²) in [7, 11) is 0. The molecular weight excluding hydrogens is 401 g/mol. The van der Waals surface area contributed by atoms with E-state index in [2.05, 4.69) is 9.64 Å². The average molecular weight is 422 g/mol. The number of halogens is 3. The summed E-state index contributed by atoms with van der Waals surface area (Å²) >= 11 is 0. The molecule has 1 aliphatic heterocycles. The summed E-state index contributed by atoms with van der Waals surface area (Å²) in [5.41, 5.74) is 1.72. The van der Waals surface area contributed by atoms with Crippen molar-refractivity contribution < 1.29 is 32.2 Å². The molecule has 160 valence electrons. The highest BCUT2D eigenvalue weighted by molar-refractivity contribution is 5.94. The van der Waals surface area contributed by atoms with Gasteiger partial charge in [0.1, 0.15) is 12.4 Å². The van der Waals surface area contributed by atoms with Crippen LogP contribution in [0.1, 0.15) is 22.8 Å². The monoisotopic (exact) mass is 422 g/mol. The fourth-order valence-electron chi connectivity index (χ4n) is 3.13. The van der Waals surface area contributed by atoms with Gasteiger partial charge in [-0.2, -0.15) is 0 Å². The third-order valence-electron chi connectivity index (χ3n) is 4.73. The van der Waals surface area contributed by atoms with E-state index in [1.165, 1.54) is 30.0 Å². The zero-order valence-corrected chi connectivity index (χ0v) is 16.3. The van der Waals surface area contributed by atoms with E-state index >= 15 is 0 Å². The summed E-state index contributed by atoms with van der Waals surface area (Å²) in [6.45, 7) is 3.15. The Morgan fingerprint density at radius 1 is 0.967 bits per heavy atom. The van der Waals surface area contributed by atoms with Gasteiger partial charge in [0.05, 0.1) is 0 Å². The number of para-hydroxylation sites is 1. The van der Waals surface area contributed by atoms with Crippen LogP contribution in [0.2, 0.25) is 0 Å². The number of carbonyl (C=O) groups is 2. The second-order valence-corrected chi connectivity index (χ2v) is 6.79. The smallest absolute Gasteiger partial charge is 0.444 e. The van der Waals surface area contributed by atoms with Crippen molar-refractivity contribution in [1.82, 2.24) is 4.90 Å². The van der Waals surface area contributed by atoms with E-state index in [0.717, 1.165) is 5.69 Å². The molecule has 30 heavy (non-hydrogen) atoms. The molecule has 1 heterocycles. The number of ether oxygens (including phenoxy) is 2. The summed E-state index contributed by atoms with van der Waals surface area (Å²) in [4.78, 5) is 27.3. The minimum absolute atomic E-state index is 0.00341. The molecule has 1 amide bonds. The van der Waals surface area contributed by atoms with Gasteiger partial charge in [-0.15, -0.1) is 13.2 Å². The summed E-state index contributed by atoms with van der Waals surface area (Å²) in [5, 5.41) is 0. The summed E-state index contributed by atoms with van der Waals surface area (Å²) in [5.74, 6) is -0.395. The topological polar surface area (TPSA) is 59.1 Å². The molecule has 0 radical (unpaired) electrons. The van der Waals surface area contributed by atoms with Crippen LogP contribution in [-0.4, -0.2) is 49.3 Å². The minimum Gasteiger partial charge on any atom is -0.444 e. The quantitative estimate of drug-likeness (QED) is 0.675. The van der Waals surface area contributed by atoms with Gasteiger partial charge < -0.3 is 19.3 Å². The highest BCUT2D eigenvalue weighted by Gasteiger charge is 2.32. The van der Waals surface area contributed by atoms with Gasteiger partial charge >= 0.3 is 12.5 Å². The number of hydrogen-bond acceptors (Lipinski definition) is 5. The zero-order valence-electron chi connectivity index (χ0n) is 16.3. The van der Waals surface area contributed by atoms with Crippen molar-refractivity contribution in [3.05, 3.63) is 59.7 Å². The molecule has 1 aliphatic rings. The lowest BCUT2D eigenvalue weighted by Gasteiger charge is -2.35. The van der Waals surface area contributed by atoms with Crippen LogP contribution < -0.4 is 9.64 Å². The molecule has 0 spiro atoms. The number of benzene rings is 2. The maximum absolute atomic E-state index is 12.5. The molecule has 3 rings (SSSR count). The van der Waals surface area contributed by atoms with Crippen molar-refractivity contribution >= 4 is 17.6 Å². The highest BCUT2D eigenvalue weighted by atomic mass is 19.4. The molecule has 6 nitrogen and oxygen atoms in total. The van der Waals surface area contributed by atoms with Gasteiger partial charge in [-0.3, -0.25) is 4.79 Å². The number of amides is 1. The Hall–Kier alpha value is -3.23. The largest absolute Gasteiger partial charge is 0.573 e. The van der Waals surface area contributed by atoms with Gasteiger partial charge in [0.15, 0.2) is 5.78 Å². The van der Waals surface area contributed by atoms with E-state index < -0.39 is 18.2 Å². The Bertz CT molecular complexity index is 892. The molecule has 1 fully saturated rings. The molecule has 2 aromatic carbocycles. The van der Waals surface area contributed by atoms with Crippen LogP contribution in [0.3, 0.4) is 0 Å². The van der Waals surface area contributed by atoms with Crippen molar-refractivity contribution in [1.29, 1.82) is 0 Å². The van der Waals surface area contributed by atoms with E-state index in [1.807, 2.05) is 12.1 Å². The molecule has 0 bridgehead atoms. The maximum Gasteiger partial charge on any atom is 0.573 e. The highest BCUT2D eigenvalue weighted by Crippen LogP contribution is 2.27. The third-order valence-corrected chi connectivity index (χ3v) is 4.73. The lowest BCUT2D eigenvalue weighted by molar-refractivity contribution is -0.275. The van der Waals surface area contributed by atoms with E-state index in [1.54, 1.807) is 18.2 Å². The van der Waals surface area contributed by atoms with Crippen molar-refractivity contribution in [2.45, 2.75) is 19.9 Å². The van der Waals surface area contributed by atoms with E-state index in [0.29, 0.717) is 31.7 Å². The van der Waals surface area contributed by atoms with Crippen LogP contribution in [0.25, 0.3) is 0 Å². The normalized spacial score (nSPS) is 14.4. The van der Waals surface area contributed by atoms with Crippen molar-refractivity contribution in [3.8, 4) is 5.75 Å². The molecule has 0 N–H and O–H groups in total. The predicted octanol–water partition coefficient (Wildman–Crippen LogP) is 4.25. The predicted molar refractivity (Wildman–Crippen MR) is 104 cm³/mol. The second-order valence-electron chi connectivity index (χ2n) is 6.79. The number of alkyl halides is 3. The number of piperazine rings is 1. The van der Waals surface area contributed by atoms with Gasteiger partial charge in [0.2, 0.25) is 0 Å². The molecule has 0 aliphatic carbocycles. The summed E-state index contributed by atoms with van der Waals surface area (Å²) < 4.78 is 46.6. The number of hydrogen-bond donors (Lipinski definition) is 0. The fourth-order valence-corrected chi connectivity index (χ4v) is 3.13. The van der Waals surface area contributed by atoms with Gasteiger partial charge in [-0.25, -0.2) is 4.79 Å². The van der Waals surface area contributed by atoms with Crippen LogP contribution in [0.4, 0.5) is 23.7 Å². The van der Waals surface area contributed by atoms with Crippen LogP contribution >= 0.6 is 0 Å². The van der Waals surface area contributed by atoms with Crippen LogP contribution in [0, 0.1) is 0 Å². The SMILES string of the molecule is CC(=O)c1ccc(N2CCN(C(=O)OCc3ccccc3OC(F)(F)F)CC2)cc1. The molecule has 1 saturated heterocycles. The van der Waals surface area contributed by atoms with Crippen LogP contribution in [0.5, 0.6) is 5.75 Å². The summed E-state index contributed by atoms with van der Waals surface area (Å²) in [6, 6.07) is 12.8. The Kier molecular flexibility index (Phi) is 6.49. The summed E-state index contributed by atoms with van der Waals surface area (Å²) in [6.07, 6.45) is -5.41. The van der Waals surface area contributed by atoms with Crippen molar-refractivity contribution in [3.63, 3.8) is 0 Å². The Balaban J connectivity index is 1.52. The van der Waals surface area contributed by atoms with E-state index in [-0.39, 0.29) is 18.0 Å². The first kappa shape index (κ1) is 21.5. The molecule has 0 saturated carbocycles. The van der Waals surface area contributed by atoms with Crippen molar-refractivity contribution in [2.75, 3.05) is 31.1 Å². The van der Waals surface area contributed by atoms with E-state index in [9.17, 15) is 22.8 Å². The molecular formula is C21H21F3N2O4. The van der Waals surface area contributed by atoms with Gasteiger partial charge in [0, 0.05) is 43.0 Å². The molecule has 0 unspecified atom stereocenters. The Labute approximate surface area is 171 Å².